The minimum absolute atomic E-state index is 0.0224. The number of carbonyl (C=O) groups is 1. The van der Waals surface area contributed by atoms with Gasteiger partial charge in [0.05, 0.1) is 6.20 Å². The summed E-state index contributed by atoms with van der Waals surface area (Å²) in [7, 11) is 0. The zero-order valence-electron chi connectivity index (χ0n) is 12.3. The first-order chi connectivity index (χ1) is 11.6. The Hall–Kier alpha value is -3.05. The molecule has 0 radical (unpaired) electrons. The molecule has 0 amide bonds. The van der Waals surface area contributed by atoms with E-state index >= 15 is 0 Å². The maximum atomic E-state index is 12.3. The quantitative estimate of drug-likeness (QED) is 0.738. The monoisotopic (exact) mass is 386 g/mol. The molecule has 0 aliphatic rings. The van der Waals surface area contributed by atoms with E-state index in [9.17, 15) is 4.79 Å². The predicted molar refractivity (Wildman–Crippen MR) is 88.3 cm³/mol. The molecule has 2 aromatic heterocycles. The van der Waals surface area contributed by atoms with Gasteiger partial charge in [-0.25, -0.2) is 0 Å². The van der Waals surface area contributed by atoms with Crippen molar-refractivity contribution in [2.45, 2.75) is 6.61 Å². The molecule has 2 N–H and O–H groups in total. The largest absolute Gasteiger partial charge is 0.486 e. The first-order valence-electron chi connectivity index (χ1n) is 6.84. The Balaban J connectivity index is 1.72. The van der Waals surface area contributed by atoms with Crippen molar-refractivity contribution < 1.29 is 13.9 Å². The van der Waals surface area contributed by atoms with Gasteiger partial charge in [-0.1, -0.05) is 22.0 Å². The first-order valence-corrected chi connectivity index (χ1v) is 7.63. The molecule has 24 heavy (non-hydrogen) atoms. The summed E-state index contributed by atoms with van der Waals surface area (Å²) in [4.78, 5) is 12.3. The third-order valence-electron chi connectivity index (χ3n) is 3.17. The molecule has 3 rings (SSSR count). The normalized spacial score (nSPS) is 10.3. The van der Waals surface area contributed by atoms with Crippen LogP contribution in [0.5, 0.6) is 5.75 Å². The molecule has 0 fully saturated rings. The van der Waals surface area contributed by atoms with E-state index in [2.05, 4.69) is 21.0 Å². The number of nitriles is 1. The first kappa shape index (κ1) is 15.8. The van der Waals surface area contributed by atoms with Gasteiger partial charge in [-0.3, -0.25) is 4.79 Å². The number of ether oxygens (including phenoxy) is 1. The number of benzene rings is 1. The molecule has 8 heteroatoms. The van der Waals surface area contributed by atoms with Crippen LogP contribution in [0.1, 0.15) is 21.9 Å². The second-order valence-corrected chi connectivity index (χ2v) is 5.70. The minimum atomic E-state index is -0.553. The number of rotatable bonds is 4. The predicted octanol–water partition coefficient (Wildman–Crippen LogP) is 2.96. The standard InChI is InChI=1S/C16H11BrN4O3/c17-11-2-1-3-12(6-11)23-9-13-4-5-14(24-13)16(22)21-15(19)10(7-18)8-20-21/h1-6,8H,9,19H2. The number of aromatic nitrogens is 2. The van der Waals surface area contributed by atoms with Crippen molar-refractivity contribution in [1.29, 1.82) is 5.26 Å². The van der Waals surface area contributed by atoms with E-state index in [4.69, 9.17) is 20.1 Å². The van der Waals surface area contributed by atoms with Crippen molar-refractivity contribution in [3.8, 4) is 11.8 Å². The van der Waals surface area contributed by atoms with Gasteiger partial charge in [0, 0.05) is 4.47 Å². The number of nitrogen functional groups attached to an aromatic ring is 1. The van der Waals surface area contributed by atoms with Crippen LogP contribution in [0, 0.1) is 11.3 Å². The van der Waals surface area contributed by atoms with E-state index in [1.54, 1.807) is 6.07 Å². The molecule has 1 aromatic carbocycles. The zero-order valence-corrected chi connectivity index (χ0v) is 13.9. The van der Waals surface area contributed by atoms with Gasteiger partial charge in [-0.15, -0.1) is 0 Å². The van der Waals surface area contributed by atoms with Crippen LogP contribution in [0.15, 0.2) is 51.5 Å². The fraction of sp³-hybridized carbons (Fsp3) is 0.0625. The summed E-state index contributed by atoms with van der Waals surface area (Å²) < 4.78 is 12.9. The fourth-order valence-corrected chi connectivity index (χ4v) is 2.37. The maximum Gasteiger partial charge on any atom is 0.315 e. The molecule has 0 atom stereocenters. The molecule has 120 valence electrons. The van der Waals surface area contributed by atoms with Gasteiger partial charge in [0.15, 0.2) is 5.76 Å². The highest BCUT2D eigenvalue weighted by molar-refractivity contribution is 9.10. The van der Waals surface area contributed by atoms with Gasteiger partial charge >= 0.3 is 5.91 Å². The summed E-state index contributed by atoms with van der Waals surface area (Å²) in [5.41, 5.74) is 5.83. The van der Waals surface area contributed by atoms with E-state index in [0.717, 1.165) is 9.15 Å². The number of hydrogen-bond donors (Lipinski definition) is 1. The van der Waals surface area contributed by atoms with Crippen molar-refractivity contribution in [3.05, 3.63) is 64.2 Å². The molecule has 0 bridgehead atoms. The average molecular weight is 387 g/mol. The van der Waals surface area contributed by atoms with Crippen LogP contribution in [0.4, 0.5) is 5.82 Å². The molecule has 0 aliphatic carbocycles. The van der Waals surface area contributed by atoms with Crippen molar-refractivity contribution in [3.63, 3.8) is 0 Å². The highest BCUT2D eigenvalue weighted by atomic mass is 79.9. The molecule has 0 saturated carbocycles. The summed E-state index contributed by atoms with van der Waals surface area (Å²) >= 11 is 3.36. The second-order valence-electron chi connectivity index (χ2n) is 4.78. The van der Waals surface area contributed by atoms with E-state index < -0.39 is 5.91 Å². The molecule has 3 aromatic rings. The van der Waals surface area contributed by atoms with Gasteiger partial charge < -0.3 is 14.9 Å². The van der Waals surface area contributed by atoms with E-state index in [0.29, 0.717) is 11.5 Å². The minimum Gasteiger partial charge on any atom is -0.486 e. The lowest BCUT2D eigenvalue weighted by Gasteiger charge is -2.04. The number of nitrogens with two attached hydrogens (primary N) is 1. The molecule has 0 aliphatic heterocycles. The van der Waals surface area contributed by atoms with Gasteiger partial charge in [-0.05, 0) is 30.3 Å². The Bertz CT molecular complexity index is 939. The van der Waals surface area contributed by atoms with Crippen molar-refractivity contribution >= 4 is 27.7 Å². The smallest absolute Gasteiger partial charge is 0.315 e. The lowest BCUT2D eigenvalue weighted by Crippen LogP contribution is -2.15. The molecule has 0 spiro atoms. The fourth-order valence-electron chi connectivity index (χ4n) is 1.99. The maximum absolute atomic E-state index is 12.3. The Morgan fingerprint density at radius 3 is 2.96 bits per heavy atom. The molecule has 0 unspecified atom stereocenters. The van der Waals surface area contributed by atoms with E-state index in [1.807, 2.05) is 30.3 Å². The number of furan rings is 1. The van der Waals surface area contributed by atoms with Crippen LogP contribution in [-0.2, 0) is 6.61 Å². The van der Waals surface area contributed by atoms with Gasteiger partial charge in [0.1, 0.15) is 35.6 Å². The van der Waals surface area contributed by atoms with Crippen LogP contribution in [0.2, 0.25) is 0 Å². The average Bonchev–Trinajstić information content (AvgIpc) is 3.19. The Morgan fingerprint density at radius 2 is 2.25 bits per heavy atom. The van der Waals surface area contributed by atoms with Crippen LogP contribution < -0.4 is 10.5 Å². The summed E-state index contributed by atoms with van der Waals surface area (Å²) in [6.45, 7) is 0.168. The van der Waals surface area contributed by atoms with Gasteiger partial charge in [0.2, 0.25) is 0 Å². The summed E-state index contributed by atoms with van der Waals surface area (Å²) in [5.74, 6) is 0.629. The van der Waals surface area contributed by atoms with Gasteiger partial charge in [-0.2, -0.15) is 15.0 Å². The third-order valence-corrected chi connectivity index (χ3v) is 3.66. The molecule has 2 heterocycles. The topological polar surface area (TPSA) is 107 Å². The lowest BCUT2D eigenvalue weighted by molar-refractivity contribution is 0.0916. The number of nitrogens with zero attached hydrogens (tertiary/aromatic N) is 3. The molecular weight excluding hydrogens is 376 g/mol. The highest BCUT2D eigenvalue weighted by Gasteiger charge is 2.19. The number of carbonyl (C=O) groups excluding carboxylic acids is 1. The second kappa shape index (κ2) is 6.60. The van der Waals surface area contributed by atoms with Crippen LogP contribution in [0.25, 0.3) is 0 Å². The Morgan fingerprint density at radius 1 is 1.42 bits per heavy atom. The number of hydrogen-bond acceptors (Lipinski definition) is 6. The van der Waals surface area contributed by atoms with Crippen molar-refractivity contribution in [1.82, 2.24) is 9.78 Å². The molecule has 7 nitrogen and oxygen atoms in total. The van der Waals surface area contributed by atoms with Crippen LogP contribution in [-0.4, -0.2) is 15.7 Å². The van der Waals surface area contributed by atoms with Crippen molar-refractivity contribution in [2.75, 3.05) is 5.73 Å². The van der Waals surface area contributed by atoms with Crippen molar-refractivity contribution in [2.24, 2.45) is 0 Å². The zero-order chi connectivity index (χ0) is 17.1. The van der Waals surface area contributed by atoms with Crippen LogP contribution in [0.3, 0.4) is 0 Å². The summed E-state index contributed by atoms with van der Waals surface area (Å²) in [6, 6.07) is 12.4. The van der Waals surface area contributed by atoms with Crippen LogP contribution >= 0.6 is 15.9 Å². The lowest BCUT2D eigenvalue weighted by atomic mass is 10.3. The Labute approximate surface area is 145 Å². The third kappa shape index (κ3) is 3.16. The Kier molecular flexibility index (Phi) is 4.35. The molecular formula is C16H11BrN4O3. The molecule has 0 saturated heterocycles. The number of anilines is 1. The summed E-state index contributed by atoms with van der Waals surface area (Å²) in [6.07, 6.45) is 1.23. The van der Waals surface area contributed by atoms with Gasteiger partial charge in [0.25, 0.3) is 0 Å². The van der Waals surface area contributed by atoms with E-state index in [1.165, 1.54) is 12.3 Å². The van der Waals surface area contributed by atoms with E-state index in [-0.39, 0.29) is 23.7 Å². The summed E-state index contributed by atoms with van der Waals surface area (Å²) in [5, 5.41) is 12.6. The SMILES string of the molecule is N#Cc1cnn(C(=O)c2ccc(COc3cccc(Br)c3)o2)c1N. The highest BCUT2D eigenvalue weighted by Crippen LogP contribution is 2.20. The number of halogens is 1.